The zero-order chi connectivity index (χ0) is 25.1. The predicted octanol–water partition coefficient (Wildman–Crippen LogP) is 4.82. The Morgan fingerprint density at radius 2 is 1.03 bits per heavy atom. The topological polar surface area (TPSA) is 101 Å². The number of nitrogens with one attached hydrogen (secondary N) is 2. The Bertz CT molecular complexity index is 863. The molecule has 0 heterocycles. The molecule has 0 saturated carbocycles. The van der Waals surface area contributed by atoms with Crippen LogP contribution in [0.2, 0.25) is 0 Å². The molecule has 0 radical (unpaired) electrons. The van der Waals surface area contributed by atoms with Gasteiger partial charge in [-0.05, 0) is 86.3 Å². The summed E-state index contributed by atoms with van der Waals surface area (Å²) >= 11 is 0. The molecule has 188 valence electrons. The lowest BCUT2D eigenvalue weighted by atomic mass is 10.1. The zero-order valence-electron chi connectivity index (χ0n) is 20.7. The smallest absolute Gasteiger partial charge is 0.240 e. The number of amides is 2. The summed E-state index contributed by atoms with van der Waals surface area (Å²) in [6.07, 6.45) is 8.53. The van der Waals surface area contributed by atoms with Crippen molar-refractivity contribution in [3.8, 4) is 11.5 Å². The monoisotopic (exact) mass is 480 g/mol. The van der Waals surface area contributed by atoms with Crippen LogP contribution in [0.3, 0.4) is 0 Å². The molecule has 0 aromatic heterocycles. The van der Waals surface area contributed by atoms with E-state index in [1.165, 1.54) is 0 Å². The van der Waals surface area contributed by atoms with Gasteiger partial charge >= 0.3 is 0 Å². The van der Waals surface area contributed by atoms with Crippen LogP contribution in [0.5, 0.6) is 11.5 Å². The molecule has 8 nitrogen and oxygen atoms in total. The van der Waals surface area contributed by atoms with Crippen molar-refractivity contribution in [1.82, 2.24) is 10.9 Å². The van der Waals surface area contributed by atoms with Crippen LogP contribution in [-0.2, 0) is 9.59 Å². The molecule has 0 unspecified atom stereocenters. The van der Waals surface area contributed by atoms with Crippen molar-refractivity contribution >= 4 is 24.2 Å². The molecule has 0 aliphatic carbocycles. The Labute approximate surface area is 207 Å². The Morgan fingerprint density at radius 1 is 0.657 bits per heavy atom. The maximum Gasteiger partial charge on any atom is 0.240 e. The number of rotatable bonds is 16. The van der Waals surface area contributed by atoms with E-state index in [1.807, 2.05) is 62.4 Å². The largest absolute Gasteiger partial charge is 0.494 e. The number of hydrogen-bond acceptors (Lipinski definition) is 6. The van der Waals surface area contributed by atoms with E-state index in [4.69, 9.17) is 9.47 Å². The minimum absolute atomic E-state index is 0.100. The number of unbranched alkanes of at least 4 members (excludes halogenated alkanes) is 4. The van der Waals surface area contributed by atoms with Crippen molar-refractivity contribution < 1.29 is 19.1 Å². The summed E-state index contributed by atoms with van der Waals surface area (Å²) in [4.78, 5) is 23.8. The standard InChI is InChI=1S/C27H36N4O4/c1-3-34-24-16-12-22(13-17-24)20-28-30-26(32)10-8-6-5-7-9-11-27(33)31-29-21-23-14-18-25(19-15-23)35-4-2/h12-21H,3-11H2,1-2H3,(H,30,32)(H,31,33)/b28-20-,29-21-. The van der Waals surface area contributed by atoms with Gasteiger partial charge in [-0.1, -0.05) is 19.3 Å². The molecule has 0 atom stereocenters. The van der Waals surface area contributed by atoms with Crippen molar-refractivity contribution in [2.45, 2.75) is 58.8 Å². The van der Waals surface area contributed by atoms with Crippen LogP contribution in [0.15, 0.2) is 58.7 Å². The van der Waals surface area contributed by atoms with E-state index in [-0.39, 0.29) is 11.8 Å². The van der Waals surface area contributed by atoms with Crippen molar-refractivity contribution in [3.05, 3.63) is 59.7 Å². The van der Waals surface area contributed by atoms with Gasteiger partial charge in [0.15, 0.2) is 0 Å². The molecule has 0 saturated heterocycles. The number of nitrogens with zero attached hydrogens (tertiary/aromatic N) is 2. The van der Waals surface area contributed by atoms with E-state index in [0.717, 1.165) is 54.7 Å². The molecular formula is C27H36N4O4. The summed E-state index contributed by atoms with van der Waals surface area (Å²) in [6, 6.07) is 15.0. The lowest BCUT2D eigenvalue weighted by Gasteiger charge is -2.03. The van der Waals surface area contributed by atoms with Gasteiger partial charge in [0.2, 0.25) is 11.8 Å². The van der Waals surface area contributed by atoms with Crippen LogP contribution in [0.4, 0.5) is 0 Å². The zero-order valence-corrected chi connectivity index (χ0v) is 20.7. The maximum absolute atomic E-state index is 11.9. The lowest BCUT2D eigenvalue weighted by Crippen LogP contribution is -2.17. The highest BCUT2D eigenvalue weighted by Crippen LogP contribution is 2.12. The van der Waals surface area contributed by atoms with Crippen LogP contribution in [0.25, 0.3) is 0 Å². The van der Waals surface area contributed by atoms with E-state index in [1.54, 1.807) is 12.4 Å². The van der Waals surface area contributed by atoms with Gasteiger partial charge in [0, 0.05) is 12.8 Å². The Balaban J connectivity index is 1.48. The SMILES string of the molecule is CCOc1ccc(/C=N\NC(=O)CCCCCCCC(=O)N/N=C\c2ccc(OCC)cc2)cc1. The number of ether oxygens (including phenoxy) is 2. The van der Waals surface area contributed by atoms with Gasteiger partial charge in [0.05, 0.1) is 25.6 Å². The summed E-state index contributed by atoms with van der Waals surface area (Å²) in [5.74, 6) is 1.42. The molecule has 0 fully saturated rings. The average Bonchev–Trinajstić information content (AvgIpc) is 2.86. The van der Waals surface area contributed by atoms with Crippen LogP contribution in [0, 0.1) is 0 Å². The van der Waals surface area contributed by atoms with Gasteiger partial charge in [-0.3, -0.25) is 9.59 Å². The number of carbonyl (C=O) groups excluding carboxylic acids is 2. The second-order valence-electron chi connectivity index (χ2n) is 7.86. The van der Waals surface area contributed by atoms with E-state index in [2.05, 4.69) is 21.1 Å². The Hall–Kier alpha value is -3.68. The summed E-state index contributed by atoms with van der Waals surface area (Å²) < 4.78 is 10.8. The first-order valence-electron chi connectivity index (χ1n) is 12.2. The number of benzene rings is 2. The van der Waals surface area contributed by atoms with Crippen LogP contribution in [0.1, 0.15) is 69.9 Å². The van der Waals surface area contributed by atoms with E-state index < -0.39 is 0 Å². The highest BCUT2D eigenvalue weighted by atomic mass is 16.5. The number of carbonyl (C=O) groups is 2. The molecule has 2 N–H and O–H groups in total. The summed E-state index contributed by atoms with van der Waals surface area (Å²) in [7, 11) is 0. The normalized spacial score (nSPS) is 11.0. The van der Waals surface area contributed by atoms with Crippen molar-refractivity contribution in [1.29, 1.82) is 0 Å². The fraction of sp³-hybridized carbons (Fsp3) is 0.407. The average molecular weight is 481 g/mol. The summed E-state index contributed by atoms with van der Waals surface area (Å²) in [6.45, 7) is 5.13. The van der Waals surface area contributed by atoms with Crippen molar-refractivity contribution in [2.75, 3.05) is 13.2 Å². The third kappa shape index (κ3) is 12.4. The van der Waals surface area contributed by atoms with Crippen LogP contribution in [-0.4, -0.2) is 37.5 Å². The molecule has 2 rings (SSSR count). The molecule has 2 aromatic rings. The lowest BCUT2D eigenvalue weighted by molar-refractivity contribution is -0.121. The molecule has 2 amide bonds. The molecular weight excluding hydrogens is 444 g/mol. The Kier molecular flexibility index (Phi) is 13.3. The van der Waals surface area contributed by atoms with Gasteiger partial charge in [-0.15, -0.1) is 0 Å². The molecule has 0 aliphatic rings. The number of hydrazone groups is 2. The highest BCUT2D eigenvalue weighted by molar-refractivity contribution is 5.83. The second kappa shape index (κ2) is 16.9. The molecule has 0 spiro atoms. The quantitative estimate of drug-likeness (QED) is 0.204. The molecule has 2 aromatic carbocycles. The second-order valence-corrected chi connectivity index (χ2v) is 7.86. The van der Waals surface area contributed by atoms with Gasteiger partial charge in [0.25, 0.3) is 0 Å². The molecule has 35 heavy (non-hydrogen) atoms. The highest BCUT2D eigenvalue weighted by Gasteiger charge is 2.02. The van der Waals surface area contributed by atoms with E-state index >= 15 is 0 Å². The Morgan fingerprint density at radius 3 is 1.40 bits per heavy atom. The first kappa shape index (κ1) is 27.6. The van der Waals surface area contributed by atoms with Gasteiger partial charge < -0.3 is 9.47 Å². The minimum atomic E-state index is -0.100. The third-order valence-corrected chi connectivity index (χ3v) is 5.00. The summed E-state index contributed by atoms with van der Waals surface area (Å²) in [5.41, 5.74) is 6.89. The maximum atomic E-state index is 11.9. The van der Waals surface area contributed by atoms with Crippen LogP contribution >= 0.6 is 0 Å². The molecule has 0 aliphatic heterocycles. The summed E-state index contributed by atoms with van der Waals surface area (Å²) in [5, 5.41) is 7.99. The van der Waals surface area contributed by atoms with E-state index in [9.17, 15) is 9.59 Å². The first-order chi connectivity index (χ1) is 17.1. The molecule has 8 heteroatoms. The van der Waals surface area contributed by atoms with Crippen molar-refractivity contribution in [2.24, 2.45) is 10.2 Å². The molecule has 0 bridgehead atoms. The third-order valence-electron chi connectivity index (χ3n) is 5.00. The van der Waals surface area contributed by atoms with Gasteiger partial charge in [0.1, 0.15) is 11.5 Å². The van der Waals surface area contributed by atoms with Gasteiger partial charge in [-0.2, -0.15) is 10.2 Å². The van der Waals surface area contributed by atoms with Crippen LogP contribution < -0.4 is 20.3 Å². The van der Waals surface area contributed by atoms with Gasteiger partial charge in [-0.25, -0.2) is 10.9 Å². The van der Waals surface area contributed by atoms with E-state index in [0.29, 0.717) is 26.1 Å². The number of hydrogen-bond donors (Lipinski definition) is 2. The fourth-order valence-electron chi connectivity index (χ4n) is 3.20. The fourth-order valence-corrected chi connectivity index (χ4v) is 3.20. The first-order valence-corrected chi connectivity index (χ1v) is 12.2. The predicted molar refractivity (Wildman–Crippen MR) is 139 cm³/mol. The van der Waals surface area contributed by atoms with Crippen molar-refractivity contribution in [3.63, 3.8) is 0 Å². The minimum Gasteiger partial charge on any atom is -0.494 e.